The average Bonchev–Trinajstić information content (AvgIpc) is 2.42. The molecule has 4 nitrogen and oxygen atoms in total. The van der Waals surface area contributed by atoms with Gasteiger partial charge in [0.25, 0.3) is 0 Å². The van der Waals surface area contributed by atoms with E-state index in [1.54, 1.807) is 12.1 Å². The molecule has 2 rings (SSSR count). The Balaban J connectivity index is 2.26. The van der Waals surface area contributed by atoms with Gasteiger partial charge in [0.05, 0.1) is 23.8 Å². The number of halogens is 1. The summed E-state index contributed by atoms with van der Waals surface area (Å²) < 4.78 is 11.1. The summed E-state index contributed by atoms with van der Waals surface area (Å²) in [6.07, 6.45) is 0.260. The van der Waals surface area contributed by atoms with Crippen LogP contribution in [0.4, 0.5) is 0 Å². The van der Waals surface area contributed by atoms with Gasteiger partial charge in [-0.15, -0.1) is 0 Å². The molecule has 1 aromatic rings. The van der Waals surface area contributed by atoms with Crippen molar-refractivity contribution in [3.8, 4) is 11.5 Å². The van der Waals surface area contributed by atoms with E-state index in [0.29, 0.717) is 17.3 Å². The molecule has 0 saturated carbocycles. The topological polar surface area (TPSA) is 41.9 Å². The van der Waals surface area contributed by atoms with E-state index in [4.69, 9.17) is 33.3 Å². The molecule has 0 aliphatic carbocycles. The molecule has 1 fully saturated rings. The molecular weight excluding hydrogens is 310 g/mol. The van der Waals surface area contributed by atoms with Crippen LogP contribution in [0.2, 0.25) is 5.02 Å². The van der Waals surface area contributed by atoms with E-state index >= 15 is 0 Å². The molecular formula is C15H20ClNO3S. The Hall–Kier alpha value is -1.04. The van der Waals surface area contributed by atoms with Crippen LogP contribution in [0.5, 0.6) is 11.5 Å². The molecule has 116 valence electrons. The fraction of sp³-hybridized carbons (Fsp3) is 0.533. The second-order valence-electron chi connectivity index (χ2n) is 5.21. The lowest BCUT2D eigenvalue weighted by atomic mass is 10.1. The van der Waals surface area contributed by atoms with Crippen LogP contribution in [0.3, 0.4) is 0 Å². The first-order valence-corrected chi connectivity index (χ1v) is 7.81. The van der Waals surface area contributed by atoms with E-state index in [2.05, 4.69) is 4.90 Å². The van der Waals surface area contributed by atoms with Crippen molar-refractivity contribution in [3.63, 3.8) is 0 Å². The summed E-state index contributed by atoms with van der Waals surface area (Å²) in [6.45, 7) is 7.84. The van der Waals surface area contributed by atoms with E-state index < -0.39 is 0 Å². The van der Waals surface area contributed by atoms with Gasteiger partial charge in [-0.25, -0.2) is 0 Å². The smallest absolute Gasteiger partial charge is 0.176 e. The van der Waals surface area contributed by atoms with Crippen LogP contribution in [0.25, 0.3) is 0 Å². The zero-order valence-electron chi connectivity index (χ0n) is 12.4. The first-order chi connectivity index (χ1) is 9.92. The Bertz CT molecular complexity index is 528. The van der Waals surface area contributed by atoms with Gasteiger partial charge in [0, 0.05) is 18.7 Å². The number of phenols is 1. The van der Waals surface area contributed by atoms with Crippen molar-refractivity contribution >= 4 is 28.8 Å². The van der Waals surface area contributed by atoms with Crippen molar-refractivity contribution in [1.29, 1.82) is 0 Å². The van der Waals surface area contributed by atoms with Crippen molar-refractivity contribution in [2.75, 3.05) is 19.7 Å². The molecule has 2 atom stereocenters. The fourth-order valence-corrected chi connectivity index (χ4v) is 2.97. The molecule has 21 heavy (non-hydrogen) atoms. The zero-order valence-corrected chi connectivity index (χ0v) is 14.0. The maximum Gasteiger partial charge on any atom is 0.176 e. The molecule has 0 aromatic heterocycles. The molecule has 1 aliphatic heterocycles. The van der Waals surface area contributed by atoms with E-state index in [1.165, 1.54) is 0 Å². The summed E-state index contributed by atoms with van der Waals surface area (Å²) in [7, 11) is 0. The van der Waals surface area contributed by atoms with E-state index in [0.717, 1.165) is 18.7 Å². The molecule has 1 heterocycles. The largest absolute Gasteiger partial charge is 0.503 e. The van der Waals surface area contributed by atoms with E-state index in [-0.39, 0.29) is 23.0 Å². The van der Waals surface area contributed by atoms with Crippen LogP contribution in [0.1, 0.15) is 26.3 Å². The van der Waals surface area contributed by atoms with E-state index in [1.807, 2.05) is 20.8 Å². The van der Waals surface area contributed by atoms with Crippen molar-refractivity contribution in [2.45, 2.75) is 33.0 Å². The van der Waals surface area contributed by atoms with Crippen LogP contribution in [0.15, 0.2) is 12.1 Å². The highest BCUT2D eigenvalue weighted by atomic mass is 35.5. The number of morpholine rings is 1. The third-order valence-corrected chi connectivity index (χ3v) is 4.06. The molecule has 1 saturated heterocycles. The molecule has 0 unspecified atom stereocenters. The van der Waals surface area contributed by atoms with Gasteiger partial charge in [-0.2, -0.15) is 0 Å². The number of benzene rings is 1. The maximum atomic E-state index is 9.90. The van der Waals surface area contributed by atoms with Crippen molar-refractivity contribution in [3.05, 3.63) is 22.7 Å². The Morgan fingerprint density at radius 3 is 2.62 bits per heavy atom. The number of nitrogens with zero attached hydrogens (tertiary/aromatic N) is 1. The minimum Gasteiger partial charge on any atom is -0.503 e. The number of ether oxygens (including phenoxy) is 2. The summed E-state index contributed by atoms with van der Waals surface area (Å²) in [6, 6.07) is 3.41. The maximum absolute atomic E-state index is 9.90. The summed E-state index contributed by atoms with van der Waals surface area (Å²) in [4.78, 5) is 2.80. The minimum absolute atomic E-state index is 0.0474. The fourth-order valence-electron chi connectivity index (χ4n) is 2.49. The lowest BCUT2D eigenvalue weighted by molar-refractivity contribution is -0.0472. The predicted molar refractivity (Wildman–Crippen MR) is 87.6 cm³/mol. The van der Waals surface area contributed by atoms with Gasteiger partial charge in [0.15, 0.2) is 11.5 Å². The first kappa shape index (κ1) is 16.3. The molecule has 1 aliphatic rings. The number of aromatic hydroxyl groups is 1. The lowest BCUT2D eigenvalue weighted by Gasteiger charge is -2.37. The summed E-state index contributed by atoms with van der Waals surface area (Å²) in [5, 5.41) is 10.1. The van der Waals surface area contributed by atoms with Crippen LogP contribution < -0.4 is 4.74 Å². The third kappa shape index (κ3) is 3.78. The molecule has 0 bridgehead atoms. The molecule has 0 radical (unpaired) electrons. The second kappa shape index (κ2) is 6.81. The molecule has 1 N–H and O–H groups in total. The van der Waals surface area contributed by atoms with Crippen molar-refractivity contribution in [2.24, 2.45) is 0 Å². The zero-order chi connectivity index (χ0) is 15.6. The van der Waals surface area contributed by atoms with Crippen LogP contribution in [0, 0.1) is 0 Å². The molecule has 0 spiro atoms. The van der Waals surface area contributed by atoms with E-state index in [9.17, 15) is 5.11 Å². The van der Waals surface area contributed by atoms with Crippen molar-refractivity contribution in [1.82, 2.24) is 4.90 Å². The summed E-state index contributed by atoms with van der Waals surface area (Å²) in [5.74, 6) is 0.311. The van der Waals surface area contributed by atoms with Crippen LogP contribution in [-0.4, -0.2) is 46.9 Å². The summed E-state index contributed by atoms with van der Waals surface area (Å²) >= 11 is 11.6. The highest BCUT2D eigenvalue weighted by Gasteiger charge is 2.25. The molecule has 6 heteroatoms. The highest BCUT2D eigenvalue weighted by molar-refractivity contribution is 7.80. The Kier molecular flexibility index (Phi) is 5.30. The van der Waals surface area contributed by atoms with Gasteiger partial charge in [-0.05, 0) is 32.9 Å². The normalized spacial score (nSPS) is 22.2. The Labute approximate surface area is 135 Å². The number of hydrogen-bond donors (Lipinski definition) is 1. The molecule has 0 amide bonds. The van der Waals surface area contributed by atoms with Gasteiger partial charge in [-0.3, -0.25) is 0 Å². The van der Waals surface area contributed by atoms with Gasteiger partial charge in [-0.1, -0.05) is 23.8 Å². The van der Waals surface area contributed by atoms with Gasteiger partial charge < -0.3 is 19.5 Å². The van der Waals surface area contributed by atoms with Gasteiger partial charge >= 0.3 is 0 Å². The standard InChI is InChI=1S/C15H20ClNO3S/c1-4-19-13-6-11(5-12(16)14(13)18)15(21)17-7-9(2)20-10(3)8-17/h5-6,9-10,18H,4,7-8H2,1-3H3/t9-,10-/m0/s1. The third-order valence-electron chi connectivity index (χ3n) is 3.28. The average molecular weight is 330 g/mol. The van der Waals surface area contributed by atoms with Crippen LogP contribution >= 0.6 is 23.8 Å². The minimum atomic E-state index is -0.0474. The second-order valence-corrected chi connectivity index (χ2v) is 6.00. The SMILES string of the molecule is CCOc1cc(C(=S)N2C[C@H](C)O[C@@H](C)C2)cc(Cl)c1O. The monoisotopic (exact) mass is 329 g/mol. The Morgan fingerprint density at radius 2 is 2.05 bits per heavy atom. The predicted octanol–water partition coefficient (Wildman–Crippen LogP) is 3.23. The first-order valence-electron chi connectivity index (χ1n) is 7.02. The number of hydrogen-bond acceptors (Lipinski definition) is 4. The van der Waals surface area contributed by atoms with Crippen LogP contribution in [-0.2, 0) is 4.74 Å². The summed E-state index contributed by atoms with van der Waals surface area (Å²) in [5.41, 5.74) is 0.776. The molecule has 1 aromatic carbocycles. The van der Waals surface area contributed by atoms with Crippen molar-refractivity contribution < 1.29 is 14.6 Å². The number of thiocarbonyl (C=S) groups is 1. The number of phenolic OH excluding ortho intramolecular Hbond substituents is 1. The lowest BCUT2D eigenvalue weighted by Crippen LogP contribution is -2.47. The Morgan fingerprint density at radius 1 is 1.43 bits per heavy atom. The quantitative estimate of drug-likeness (QED) is 0.862. The highest BCUT2D eigenvalue weighted by Crippen LogP contribution is 2.35. The number of rotatable bonds is 3. The van der Waals surface area contributed by atoms with Gasteiger partial charge in [0.2, 0.25) is 0 Å². The van der Waals surface area contributed by atoms with Gasteiger partial charge in [0.1, 0.15) is 4.99 Å².